The van der Waals surface area contributed by atoms with Gasteiger partial charge >= 0.3 is 0 Å². The molecular formula is C16H31NO. The third-order valence-electron chi connectivity index (χ3n) is 4.70. The maximum Gasteiger partial charge on any atom is 0.0735 e. The van der Waals surface area contributed by atoms with E-state index in [-0.39, 0.29) is 0 Å². The largest absolute Gasteiger partial charge is 0.374 e. The first-order chi connectivity index (χ1) is 8.81. The van der Waals surface area contributed by atoms with Gasteiger partial charge in [-0.25, -0.2) is 0 Å². The van der Waals surface area contributed by atoms with Gasteiger partial charge in [0.25, 0.3) is 0 Å². The summed E-state index contributed by atoms with van der Waals surface area (Å²) in [5, 5.41) is 3.80. The van der Waals surface area contributed by atoms with E-state index < -0.39 is 0 Å². The number of ether oxygens (including phenoxy) is 1. The minimum absolute atomic E-state index is 0.478. The monoisotopic (exact) mass is 253 g/mol. The van der Waals surface area contributed by atoms with E-state index in [0.717, 1.165) is 12.5 Å². The number of hydrogen-bond acceptors (Lipinski definition) is 2. The molecule has 1 saturated heterocycles. The molecule has 3 atom stereocenters. The highest BCUT2D eigenvalue weighted by atomic mass is 16.5. The Bertz CT molecular complexity index is 223. The lowest BCUT2D eigenvalue weighted by atomic mass is 9.87. The molecule has 1 N–H and O–H groups in total. The van der Waals surface area contributed by atoms with Crippen LogP contribution in [0.25, 0.3) is 0 Å². The Kier molecular flexibility index (Phi) is 5.97. The van der Waals surface area contributed by atoms with Gasteiger partial charge < -0.3 is 10.1 Å². The van der Waals surface area contributed by atoms with Crippen LogP contribution in [0.2, 0.25) is 0 Å². The van der Waals surface area contributed by atoms with Gasteiger partial charge in [0.2, 0.25) is 0 Å². The Hall–Kier alpha value is -0.0800. The standard InChI is InChI=1S/C16H31NO/c1-3-12-17-16(15-11-10-13(2)18-15)14-8-6-4-5-7-9-14/h13-17H,3-12H2,1-2H3. The van der Waals surface area contributed by atoms with Crippen LogP contribution in [0.15, 0.2) is 0 Å². The fourth-order valence-corrected chi connectivity index (χ4v) is 3.68. The van der Waals surface area contributed by atoms with Crippen molar-refractivity contribution in [1.82, 2.24) is 5.32 Å². The van der Waals surface area contributed by atoms with E-state index in [1.54, 1.807) is 0 Å². The second-order valence-corrected chi connectivity index (χ2v) is 6.29. The zero-order valence-corrected chi connectivity index (χ0v) is 12.3. The lowest BCUT2D eigenvalue weighted by Crippen LogP contribution is -2.45. The van der Waals surface area contributed by atoms with Crippen LogP contribution < -0.4 is 5.32 Å². The van der Waals surface area contributed by atoms with Crippen LogP contribution in [0.3, 0.4) is 0 Å². The van der Waals surface area contributed by atoms with E-state index in [4.69, 9.17) is 4.74 Å². The van der Waals surface area contributed by atoms with Crippen molar-refractivity contribution in [3.63, 3.8) is 0 Å². The van der Waals surface area contributed by atoms with Crippen molar-refractivity contribution in [3.8, 4) is 0 Å². The predicted octanol–water partition coefficient (Wildman–Crippen LogP) is 3.89. The van der Waals surface area contributed by atoms with E-state index in [1.807, 2.05) is 0 Å². The highest BCUT2D eigenvalue weighted by molar-refractivity contribution is 4.88. The molecule has 2 aliphatic rings. The third kappa shape index (κ3) is 3.96. The second kappa shape index (κ2) is 7.49. The zero-order chi connectivity index (χ0) is 12.8. The van der Waals surface area contributed by atoms with Crippen molar-refractivity contribution in [2.45, 2.75) is 89.9 Å². The van der Waals surface area contributed by atoms with E-state index in [1.165, 1.54) is 57.8 Å². The summed E-state index contributed by atoms with van der Waals surface area (Å²) in [6.07, 6.45) is 13.3. The Morgan fingerprint density at radius 2 is 1.78 bits per heavy atom. The van der Waals surface area contributed by atoms with Gasteiger partial charge in [-0.15, -0.1) is 0 Å². The summed E-state index contributed by atoms with van der Waals surface area (Å²) >= 11 is 0. The summed E-state index contributed by atoms with van der Waals surface area (Å²) in [4.78, 5) is 0. The minimum Gasteiger partial charge on any atom is -0.374 e. The molecule has 2 rings (SSSR count). The highest BCUT2D eigenvalue weighted by Gasteiger charge is 2.34. The molecule has 1 aliphatic heterocycles. The fourth-order valence-electron chi connectivity index (χ4n) is 3.68. The van der Waals surface area contributed by atoms with Crippen LogP contribution in [-0.4, -0.2) is 24.8 Å². The van der Waals surface area contributed by atoms with Gasteiger partial charge in [-0.1, -0.05) is 32.6 Å². The van der Waals surface area contributed by atoms with Crippen LogP contribution in [0, 0.1) is 5.92 Å². The molecule has 0 aromatic carbocycles. The Morgan fingerprint density at radius 1 is 1.06 bits per heavy atom. The van der Waals surface area contributed by atoms with E-state index >= 15 is 0 Å². The van der Waals surface area contributed by atoms with Gasteiger partial charge in [0.1, 0.15) is 0 Å². The first-order valence-electron chi connectivity index (χ1n) is 8.20. The molecule has 2 heteroatoms. The first-order valence-corrected chi connectivity index (χ1v) is 8.20. The number of rotatable bonds is 5. The Balaban J connectivity index is 1.93. The van der Waals surface area contributed by atoms with Gasteiger partial charge in [0.15, 0.2) is 0 Å². The van der Waals surface area contributed by atoms with Crippen LogP contribution in [0.1, 0.15) is 71.6 Å². The average Bonchev–Trinajstić information content (AvgIpc) is 2.65. The maximum absolute atomic E-state index is 6.15. The quantitative estimate of drug-likeness (QED) is 0.750. The van der Waals surface area contributed by atoms with Gasteiger partial charge in [0, 0.05) is 6.04 Å². The van der Waals surface area contributed by atoms with Gasteiger partial charge in [-0.3, -0.25) is 0 Å². The number of hydrogen-bond donors (Lipinski definition) is 1. The molecule has 18 heavy (non-hydrogen) atoms. The topological polar surface area (TPSA) is 21.3 Å². The molecule has 1 saturated carbocycles. The summed E-state index contributed by atoms with van der Waals surface area (Å²) in [5.74, 6) is 0.856. The normalized spacial score (nSPS) is 32.3. The molecule has 1 aliphatic carbocycles. The van der Waals surface area contributed by atoms with Crippen LogP contribution >= 0.6 is 0 Å². The minimum atomic E-state index is 0.478. The van der Waals surface area contributed by atoms with Crippen molar-refractivity contribution in [3.05, 3.63) is 0 Å². The van der Waals surface area contributed by atoms with E-state index in [9.17, 15) is 0 Å². The average molecular weight is 253 g/mol. The lowest BCUT2D eigenvalue weighted by Gasteiger charge is -2.32. The molecule has 0 radical (unpaired) electrons. The van der Waals surface area contributed by atoms with Crippen molar-refractivity contribution in [2.75, 3.05) is 6.54 Å². The molecule has 1 heterocycles. The zero-order valence-electron chi connectivity index (χ0n) is 12.3. The molecule has 0 aromatic heterocycles. The molecule has 0 amide bonds. The molecule has 0 bridgehead atoms. The highest BCUT2D eigenvalue weighted by Crippen LogP contribution is 2.32. The van der Waals surface area contributed by atoms with E-state index in [2.05, 4.69) is 19.2 Å². The molecule has 2 nitrogen and oxygen atoms in total. The van der Waals surface area contributed by atoms with Gasteiger partial charge in [0.05, 0.1) is 12.2 Å². The van der Waals surface area contributed by atoms with Crippen LogP contribution in [-0.2, 0) is 4.74 Å². The number of nitrogens with one attached hydrogen (secondary N) is 1. The van der Waals surface area contributed by atoms with Crippen LogP contribution in [0.4, 0.5) is 0 Å². The van der Waals surface area contributed by atoms with Crippen molar-refractivity contribution < 1.29 is 4.74 Å². The first kappa shape index (κ1) is 14.3. The summed E-state index contributed by atoms with van der Waals surface area (Å²) < 4.78 is 6.15. The second-order valence-electron chi connectivity index (χ2n) is 6.29. The SMILES string of the molecule is CCCNC(C1CCCCCC1)C1CCC(C)O1. The predicted molar refractivity (Wildman–Crippen MR) is 76.8 cm³/mol. The fraction of sp³-hybridized carbons (Fsp3) is 1.00. The van der Waals surface area contributed by atoms with Crippen LogP contribution in [0.5, 0.6) is 0 Å². The van der Waals surface area contributed by atoms with Gasteiger partial charge in [-0.05, 0) is 51.5 Å². The summed E-state index contributed by atoms with van der Waals surface area (Å²) in [7, 11) is 0. The van der Waals surface area contributed by atoms with E-state index in [0.29, 0.717) is 18.2 Å². The smallest absolute Gasteiger partial charge is 0.0735 e. The Labute approximate surface area is 113 Å². The molecular weight excluding hydrogens is 222 g/mol. The molecule has 0 spiro atoms. The summed E-state index contributed by atoms with van der Waals surface area (Å²) in [6.45, 7) is 5.63. The van der Waals surface area contributed by atoms with Crippen molar-refractivity contribution >= 4 is 0 Å². The lowest BCUT2D eigenvalue weighted by molar-refractivity contribution is 0.0150. The molecule has 0 aromatic rings. The van der Waals surface area contributed by atoms with Crippen molar-refractivity contribution in [2.24, 2.45) is 5.92 Å². The van der Waals surface area contributed by atoms with Gasteiger partial charge in [-0.2, -0.15) is 0 Å². The third-order valence-corrected chi connectivity index (χ3v) is 4.70. The maximum atomic E-state index is 6.15. The molecule has 106 valence electrons. The van der Waals surface area contributed by atoms with Crippen molar-refractivity contribution in [1.29, 1.82) is 0 Å². The summed E-state index contributed by atoms with van der Waals surface area (Å²) in [6, 6.07) is 0.619. The summed E-state index contributed by atoms with van der Waals surface area (Å²) in [5.41, 5.74) is 0. The Morgan fingerprint density at radius 3 is 2.33 bits per heavy atom. The molecule has 3 unspecified atom stereocenters. The molecule has 2 fully saturated rings.